The van der Waals surface area contributed by atoms with Crippen LogP contribution in [0.2, 0.25) is 0 Å². The number of para-hydroxylation sites is 1. The van der Waals surface area contributed by atoms with Crippen LogP contribution in [0.25, 0.3) is 0 Å². The first-order valence-electron chi connectivity index (χ1n) is 6.52. The first-order chi connectivity index (χ1) is 8.65. The van der Waals surface area contributed by atoms with Gasteiger partial charge in [-0.1, -0.05) is 39.0 Å². The topological polar surface area (TPSA) is 32.7 Å². The van der Waals surface area contributed by atoms with Crippen molar-refractivity contribution >= 4 is 17.9 Å². The number of amides is 1. The normalized spacial score (nSPS) is 11.7. The zero-order valence-corrected chi connectivity index (χ0v) is 11.7. The minimum Gasteiger partial charge on any atom is -0.278 e. The molecule has 0 radical (unpaired) electrons. The predicted octanol–water partition coefficient (Wildman–Crippen LogP) is 3.60. The summed E-state index contributed by atoms with van der Waals surface area (Å²) in [5, 5.41) is 0. The third-order valence-electron chi connectivity index (χ3n) is 2.86. The van der Waals surface area contributed by atoms with E-state index in [9.17, 15) is 4.79 Å². The molecule has 1 aromatic rings. The molecule has 98 valence electrons. The first-order valence-corrected chi connectivity index (χ1v) is 6.52. The van der Waals surface area contributed by atoms with Crippen LogP contribution in [0.5, 0.6) is 0 Å². The Morgan fingerprint density at radius 1 is 1.33 bits per heavy atom. The summed E-state index contributed by atoms with van der Waals surface area (Å²) in [7, 11) is 0. The number of benzene rings is 1. The monoisotopic (exact) mass is 246 g/mol. The van der Waals surface area contributed by atoms with Crippen molar-refractivity contribution < 1.29 is 4.79 Å². The van der Waals surface area contributed by atoms with Gasteiger partial charge < -0.3 is 0 Å². The number of aliphatic imine (C=N–C) groups is 1. The maximum Gasteiger partial charge on any atom is 0.219 e. The molecule has 3 nitrogen and oxygen atoms in total. The van der Waals surface area contributed by atoms with Crippen LogP contribution in [0.1, 0.15) is 45.6 Å². The number of nitrogens with zero attached hydrogens (tertiary/aromatic N) is 2. The molecule has 0 bridgehead atoms. The molecule has 0 saturated heterocycles. The van der Waals surface area contributed by atoms with Gasteiger partial charge in [-0.05, 0) is 24.5 Å². The van der Waals surface area contributed by atoms with Crippen molar-refractivity contribution in [3.05, 3.63) is 29.8 Å². The van der Waals surface area contributed by atoms with E-state index in [0.717, 1.165) is 24.4 Å². The molecule has 0 heterocycles. The van der Waals surface area contributed by atoms with E-state index in [2.05, 4.69) is 24.9 Å². The lowest BCUT2D eigenvalue weighted by Gasteiger charge is -2.23. The maximum atomic E-state index is 11.4. The fraction of sp³-hybridized carbons (Fsp3) is 0.467. The van der Waals surface area contributed by atoms with Crippen LogP contribution >= 0.6 is 0 Å². The number of hydrogen-bond donors (Lipinski definition) is 0. The van der Waals surface area contributed by atoms with Gasteiger partial charge in [-0.15, -0.1) is 0 Å². The molecule has 0 aromatic heterocycles. The number of rotatable bonds is 5. The number of amidine groups is 1. The Kier molecular flexibility index (Phi) is 5.56. The third kappa shape index (κ3) is 3.19. The van der Waals surface area contributed by atoms with Crippen LogP contribution < -0.4 is 4.90 Å². The minimum atomic E-state index is 0.378. The second-order valence-electron chi connectivity index (χ2n) is 4.43. The van der Waals surface area contributed by atoms with Gasteiger partial charge in [0.05, 0.1) is 5.69 Å². The molecule has 1 rings (SSSR count). The number of carbonyl (C=O) groups is 1. The molecule has 0 N–H and O–H groups in total. The Balaban J connectivity index is 3.24. The SMILES string of the molecule is CC/N=C(\CC)N(C=O)c1ccccc1C(C)C. The second-order valence-corrected chi connectivity index (χ2v) is 4.43. The standard InChI is InChI=1S/C15H22N2O/c1-5-15(16-6-2)17(11-18)14-10-8-7-9-13(14)12(3)4/h7-12H,5-6H2,1-4H3/b16-15+. The van der Waals surface area contributed by atoms with Crippen molar-refractivity contribution in [2.45, 2.75) is 40.0 Å². The molecule has 1 aromatic carbocycles. The Bertz CT molecular complexity index is 424. The molecule has 0 saturated carbocycles. The summed E-state index contributed by atoms with van der Waals surface area (Å²) < 4.78 is 0. The van der Waals surface area contributed by atoms with Crippen molar-refractivity contribution in [1.29, 1.82) is 0 Å². The largest absolute Gasteiger partial charge is 0.278 e. The molecule has 1 amide bonds. The van der Waals surface area contributed by atoms with Crippen molar-refractivity contribution in [3.63, 3.8) is 0 Å². The van der Waals surface area contributed by atoms with Crippen molar-refractivity contribution in [1.82, 2.24) is 0 Å². The Labute approximate surface area is 110 Å². The highest BCUT2D eigenvalue weighted by Crippen LogP contribution is 2.27. The number of carbonyl (C=O) groups excluding carboxylic acids is 1. The summed E-state index contributed by atoms with van der Waals surface area (Å²) in [4.78, 5) is 17.5. The van der Waals surface area contributed by atoms with E-state index >= 15 is 0 Å². The first kappa shape index (κ1) is 14.4. The summed E-state index contributed by atoms with van der Waals surface area (Å²) in [5.41, 5.74) is 2.11. The summed E-state index contributed by atoms with van der Waals surface area (Å²) in [6.45, 7) is 8.95. The second kappa shape index (κ2) is 6.94. The van der Waals surface area contributed by atoms with Gasteiger partial charge in [-0.3, -0.25) is 14.7 Å². The Morgan fingerprint density at radius 3 is 2.50 bits per heavy atom. The van der Waals surface area contributed by atoms with E-state index in [1.54, 1.807) is 4.90 Å². The zero-order valence-electron chi connectivity index (χ0n) is 11.7. The van der Waals surface area contributed by atoms with Crippen molar-refractivity contribution in [3.8, 4) is 0 Å². The lowest BCUT2D eigenvalue weighted by atomic mass is 10.0. The van der Waals surface area contributed by atoms with Crippen LogP contribution in [-0.2, 0) is 4.79 Å². The Hall–Kier alpha value is -1.64. The summed E-state index contributed by atoms with van der Waals surface area (Å²) in [6.07, 6.45) is 1.61. The van der Waals surface area contributed by atoms with Gasteiger partial charge in [0.15, 0.2) is 0 Å². The molecule has 18 heavy (non-hydrogen) atoms. The van der Waals surface area contributed by atoms with Crippen molar-refractivity contribution in [2.75, 3.05) is 11.4 Å². The quantitative estimate of drug-likeness (QED) is 0.444. The van der Waals surface area contributed by atoms with Gasteiger partial charge >= 0.3 is 0 Å². The van der Waals surface area contributed by atoms with E-state index in [-0.39, 0.29) is 0 Å². The van der Waals surface area contributed by atoms with E-state index in [1.807, 2.05) is 32.0 Å². The van der Waals surface area contributed by atoms with Crippen LogP contribution in [-0.4, -0.2) is 18.8 Å². The number of anilines is 1. The highest BCUT2D eigenvalue weighted by atomic mass is 16.1. The van der Waals surface area contributed by atoms with Gasteiger partial charge in [-0.2, -0.15) is 0 Å². The van der Waals surface area contributed by atoms with E-state index in [1.165, 1.54) is 5.56 Å². The average Bonchev–Trinajstić information content (AvgIpc) is 2.39. The van der Waals surface area contributed by atoms with Gasteiger partial charge in [0.1, 0.15) is 5.84 Å². The van der Waals surface area contributed by atoms with E-state index < -0.39 is 0 Å². The molecule has 0 aliphatic heterocycles. The highest BCUT2D eigenvalue weighted by Gasteiger charge is 2.15. The summed E-state index contributed by atoms with van der Waals surface area (Å²) >= 11 is 0. The van der Waals surface area contributed by atoms with Crippen LogP contribution in [0, 0.1) is 0 Å². The van der Waals surface area contributed by atoms with E-state index in [0.29, 0.717) is 12.5 Å². The lowest BCUT2D eigenvalue weighted by molar-refractivity contribution is -0.106. The minimum absolute atomic E-state index is 0.378. The molecule has 0 fully saturated rings. The molecular formula is C15H22N2O. The fourth-order valence-corrected chi connectivity index (χ4v) is 1.99. The van der Waals surface area contributed by atoms with Gasteiger partial charge in [0.25, 0.3) is 0 Å². The molecule has 0 atom stereocenters. The van der Waals surface area contributed by atoms with Crippen LogP contribution in [0.15, 0.2) is 29.3 Å². The average molecular weight is 246 g/mol. The van der Waals surface area contributed by atoms with E-state index in [4.69, 9.17) is 0 Å². The third-order valence-corrected chi connectivity index (χ3v) is 2.86. The molecule has 3 heteroatoms. The number of hydrogen-bond acceptors (Lipinski definition) is 2. The van der Waals surface area contributed by atoms with Crippen LogP contribution in [0.3, 0.4) is 0 Å². The summed E-state index contributed by atoms with van der Waals surface area (Å²) in [5.74, 6) is 1.20. The highest BCUT2D eigenvalue weighted by molar-refractivity contribution is 6.10. The van der Waals surface area contributed by atoms with Gasteiger partial charge in [0, 0.05) is 13.0 Å². The van der Waals surface area contributed by atoms with Gasteiger partial charge in [0.2, 0.25) is 6.41 Å². The fourth-order valence-electron chi connectivity index (χ4n) is 1.99. The maximum absolute atomic E-state index is 11.4. The van der Waals surface area contributed by atoms with Gasteiger partial charge in [-0.25, -0.2) is 0 Å². The molecule has 0 aliphatic rings. The zero-order chi connectivity index (χ0) is 13.5. The lowest BCUT2D eigenvalue weighted by Crippen LogP contribution is -2.30. The Morgan fingerprint density at radius 2 is 2.00 bits per heavy atom. The molecule has 0 unspecified atom stereocenters. The van der Waals surface area contributed by atoms with Crippen LogP contribution in [0.4, 0.5) is 5.69 Å². The molecule has 0 aliphatic carbocycles. The predicted molar refractivity (Wildman–Crippen MR) is 77.3 cm³/mol. The molecular weight excluding hydrogens is 224 g/mol. The van der Waals surface area contributed by atoms with Crippen molar-refractivity contribution in [2.24, 2.45) is 4.99 Å². The smallest absolute Gasteiger partial charge is 0.219 e. The molecule has 0 spiro atoms. The summed E-state index contributed by atoms with van der Waals surface area (Å²) in [6, 6.07) is 8.00.